The zero-order valence-electron chi connectivity index (χ0n) is 16.4. The minimum absolute atomic E-state index is 0.00105. The average Bonchev–Trinajstić information content (AvgIpc) is 2.62. The van der Waals surface area contributed by atoms with Crippen LogP contribution < -0.4 is 10.1 Å². The Kier molecular flexibility index (Phi) is 7.54. The molecule has 9 heteroatoms. The summed E-state index contributed by atoms with van der Waals surface area (Å²) in [7, 11) is 0. The van der Waals surface area contributed by atoms with Crippen LogP contribution in [0.4, 0.5) is 23.7 Å². The average molecular weight is 403 g/mol. The van der Waals surface area contributed by atoms with E-state index in [1.54, 1.807) is 18.7 Å². The van der Waals surface area contributed by atoms with E-state index in [1.807, 2.05) is 6.92 Å². The maximum absolute atomic E-state index is 13.0. The zero-order chi connectivity index (χ0) is 20.9. The molecule has 0 saturated carbocycles. The molecule has 1 aromatic rings. The van der Waals surface area contributed by atoms with Gasteiger partial charge >= 0.3 is 12.2 Å². The minimum atomic E-state index is -4.51. The summed E-state index contributed by atoms with van der Waals surface area (Å²) >= 11 is 0. The Morgan fingerprint density at radius 3 is 2.64 bits per heavy atom. The molecule has 28 heavy (non-hydrogen) atoms. The summed E-state index contributed by atoms with van der Waals surface area (Å²) in [5.41, 5.74) is -0.847. The van der Waals surface area contributed by atoms with Gasteiger partial charge in [-0.15, -0.1) is 0 Å². The second-order valence-electron chi connectivity index (χ2n) is 6.92. The Hall–Kier alpha value is -2.00. The summed E-state index contributed by atoms with van der Waals surface area (Å²) in [6, 6.07) is 2.67. The number of β-amino-alcohol motifs (C(OH)–C–C–N with tert-alkyl or cyclic N) is 1. The van der Waals surface area contributed by atoms with Crippen LogP contribution in [-0.4, -0.2) is 65.9 Å². The number of anilines is 1. The number of piperazine rings is 1. The molecule has 0 bridgehead atoms. The zero-order valence-corrected chi connectivity index (χ0v) is 16.4. The molecule has 1 aliphatic rings. The first kappa shape index (κ1) is 22.3. The van der Waals surface area contributed by atoms with Crippen LogP contribution in [-0.2, 0) is 6.18 Å². The first-order valence-electron chi connectivity index (χ1n) is 9.47. The number of hydrogen-bond donors (Lipinski definition) is 2. The number of nitrogens with one attached hydrogen (secondary N) is 1. The molecule has 1 aromatic carbocycles. The van der Waals surface area contributed by atoms with Crippen molar-refractivity contribution in [3.8, 4) is 5.75 Å². The van der Waals surface area contributed by atoms with E-state index in [4.69, 9.17) is 4.74 Å². The summed E-state index contributed by atoms with van der Waals surface area (Å²) in [5.74, 6) is 0.198. The third-order valence-electron chi connectivity index (χ3n) is 4.71. The number of rotatable bonds is 6. The Labute approximate surface area is 163 Å². The molecule has 0 unspecified atom stereocenters. The van der Waals surface area contributed by atoms with Gasteiger partial charge in [-0.25, -0.2) is 4.79 Å². The highest BCUT2D eigenvalue weighted by molar-refractivity contribution is 5.91. The van der Waals surface area contributed by atoms with E-state index < -0.39 is 23.9 Å². The molecular formula is C19H28F3N3O3. The molecule has 0 aromatic heterocycles. The van der Waals surface area contributed by atoms with Gasteiger partial charge in [0.1, 0.15) is 5.75 Å². The molecule has 0 radical (unpaired) electrons. The predicted octanol–water partition coefficient (Wildman–Crippen LogP) is 3.41. The lowest BCUT2D eigenvalue weighted by Gasteiger charge is -2.41. The highest BCUT2D eigenvalue weighted by atomic mass is 19.4. The number of halogens is 3. The number of carbonyl (C=O) groups excluding carboxylic acids is 1. The summed E-state index contributed by atoms with van der Waals surface area (Å²) in [5, 5.41) is 12.2. The van der Waals surface area contributed by atoms with Gasteiger partial charge in [0, 0.05) is 32.2 Å². The summed E-state index contributed by atoms with van der Waals surface area (Å²) in [6.45, 7) is 7.69. The lowest BCUT2D eigenvalue weighted by Crippen LogP contribution is -2.56. The number of nitrogens with zero attached hydrogens (tertiary/aromatic N) is 2. The number of carbonyl (C=O) groups is 1. The minimum Gasteiger partial charge on any atom is -0.492 e. The van der Waals surface area contributed by atoms with Crippen LogP contribution in [0.2, 0.25) is 0 Å². The maximum Gasteiger partial charge on any atom is 0.416 e. The van der Waals surface area contributed by atoms with Crippen molar-refractivity contribution in [1.29, 1.82) is 0 Å². The maximum atomic E-state index is 13.0. The largest absolute Gasteiger partial charge is 0.492 e. The number of alkyl halides is 3. The van der Waals surface area contributed by atoms with Gasteiger partial charge in [0.15, 0.2) is 0 Å². The molecule has 0 spiro atoms. The van der Waals surface area contributed by atoms with E-state index >= 15 is 0 Å². The SMILES string of the molecule is CCOc1ccc(C(F)(F)F)cc1NC(=O)N1CCN(C[C@@H](C)O)[C@@H](CC)C1. The van der Waals surface area contributed by atoms with Gasteiger partial charge in [0.2, 0.25) is 0 Å². The van der Waals surface area contributed by atoms with Gasteiger partial charge in [0.25, 0.3) is 0 Å². The second kappa shape index (κ2) is 9.47. The van der Waals surface area contributed by atoms with Crippen LogP contribution in [0.25, 0.3) is 0 Å². The highest BCUT2D eigenvalue weighted by Crippen LogP contribution is 2.35. The number of urea groups is 1. The van der Waals surface area contributed by atoms with E-state index in [1.165, 1.54) is 6.07 Å². The van der Waals surface area contributed by atoms with Crippen molar-refractivity contribution in [3.63, 3.8) is 0 Å². The van der Waals surface area contributed by atoms with Crippen LogP contribution in [0, 0.1) is 0 Å². The van der Waals surface area contributed by atoms with Crippen molar-refractivity contribution in [1.82, 2.24) is 9.80 Å². The first-order chi connectivity index (χ1) is 13.2. The third kappa shape index (κ3) is 5.75. The molecule has 2 atom stereocenters. The normalized spacial score (nSPS) is 19.4. The van der Waals surface area contributed by atoms with E-state index in [0.717, 1.165) is 18.6 Å². The molecule has 2 N–H and O–H groups in total. The smallest absolute Gasteiger partial charge is 0.416 e. The summed E-state index contributed by atoms with van der Waals surface area (Å²) in [6.07, 6.45) is -4.18. The molecule has 158 valence electrons. The van der Waals surface area contributed by atoms with Crippen molar-refractivity contribution in [2.45, 2.75) is 45.5 Å². The van der Waals surface area contributed by atoms with E-state index in [2.05, 4.69) is 10.2 Å². The number of ether oxygens (including phenoxy) is 1. The van der Waals surface area contributed by atoms with Gasteiger partial charge in [-0.2, -0.15) is 13.2 Å². The van der Waals surface area contributed by atoms with Crippen LogP contribution in [0.1, 0.15) is 32.8 Å². The van der Waals surface area contributed by atoms with Gasteiger partial charge < -0.3 is 20.1 Å². The molecular weight excluding hydrogens is 375 g/mol. The van der Waals surface area contributed by atoms with Crippen LogP contribution in [0.15, 0.2) is 18.2 Å². The Morgan fingerprint density at radius 1 is 1.36 bits per heavy atom. The van der Waals surface area contributed by atoms with Crippen molar-refractivity contribution >= 4 is 11.7 Å². The summed E-state index contributed by atoms with van der Waals surface area (Å²) < 4.78 is 44.5. The van der Waals surface area contributed by atoms with Crippen LogP contribution in [0.5, 0.6) is 5.75 Å². The number of aliphatic hydroxyl groups excluding tert-OH is 1. The van der Waals surface area contributed by atoms with E-state index in [9.17, 15) is 23.1 Å². The topological polar surface area (TPSA) is 65.0 Å². The van der Waals surface area contributed by atoms with Crippen molar-refractivity contribution in [2.75, 3.05) is 38.1 Å². The van der Waals surface area contributed by atoms with Gasteiger partial charge in [-0.3, -0.25) is 4.90 Å². The van der Waals surface area contributed by atoms with E-state index in [0.29, 0.717) is 26.2 Å². The standard InChI is InChI=1S/C19H28F3N3O3/c1-4-15-12-25(9-8-24(15)11-13(3)26)18(27)23-16-10-14(19(20,21)22)6-7-17(16)28-5-2/h6-7,10,13,15,26H,4-5,8-9,11-12H2,1-3H3,(H,23,27)/t13-,15+/m1/s1. The lowest BCUT2D eigenvalue weighted by atomic mass is 10.1. The molecule has 0 aliphatic carbocycles. The monoisotopic (exact) mass is 403 g/mol. The van der Waals surface area contributed by atoms with Crippen LogP contribution in [0.3, 0.4) is 0 Å². The van der Waals surface area contributed by atoms with Gasteiger partial charge in [0.05, 0.1) is 24.0 Å². The number of aliphatic hydroxyl groups is 1. The Bertz CT molecular complexity index is 668. The molecule has 2 amide bonds. The fourth-order valence-electron chi connectivity index (χ4n) is 3.32. The van der Waals surface area contributed by atoms with Crippen molar-refractivity contribution < 1.29 is 27.8 Å². The van der Waals surface area contributed by atoms with E-state index in [-0.39, 0.29) is 24.1 Å². The predicted molar refractivity (Wildman–Crippen MR) is 101 cm³/mol. The number of hydrogen-bond acceptors (Lipinski definition) is 4. The van der Waals surface area contributed by atoms with Crippen molar-refractivity contribution in [3.05, 3.63) is 23.8 Å². The Morgan fingerprint density at radius 2 is 2.07 bits per heavy atom. The highest BCUT2D eigenvalue weighted by Gasteiger charge is 2.32. The lowest BCUT2D eigenvalue weighted by molar-refractivity contribution is -0.137. The quantitative estimate of drug-likeness (QED) is 0.764. The fraction of sp³-hybridized carbons (Fsp3) is 0.632. The van der Waals surface area contributed by atoms with Gasteiger partial charge in [-0.1, -0.05) is 6.92 Å². The number of benzene rings is 1. The Balaban J connectivity index is 2.13. The molecule has 1 fully saturated rings. The molecule has 6 nitrogen and oxygen atoms in total. The molecule has 1 saturated heterocycles. The van der Waals surface area contributed by atoms with Crippen LogP contribution >= 0.6 is 0 Å². The summed E-state index contributed by atoms with van der Waals surface area (Å²) in [4.78, 5) is 16.4. The molecule has 2 rings (SSSR count). The fourth-order valence-corrected chi connectivity index (χ4v) is 3.32. The molecule has 1 heterocycles. The van der Waals surface area contributed by atoms with Gasteiger partial charge in [-0.05, 0) is 38.5 Å². The third-order valence-corrected chi connectivity index (χ3v) is 4.71. The molecule has 1 aliphatic heterocycles. The first-order valence-corrected chi connectivity index (χ1v) is 9.47. The van der Waals surface area contributed by atoms with Crippen molar-refractivity contribution in [2.24, 2.45) is 0 Å². The number of amides is 2. The second-order valence-corrected chi connectivity index (χ2v) is 6.92.